The topological polar surface area (TPSA) is 83.0 Å². The first-order valence-corrected chi connectivity index (χ1v) is 6.07. The van der Waals surface area contributed by atoms with Crippen LogP contribution in [0.15, 0.2) is 41.2 Å². The van der Waals surface area contributed by atoms with Crippen LogP contribution < -0.4 is 5.69 Å². The number of aromatic amines is 1. The Morgan fingerprint density at radius 3 is 2.50 bits per heavy atom. The van der Waals surface area contributed by atoms with Crippen molar-refractivity contribution in [1.82, 2.24) is 9.97 Å². The summed E-state index contributed by atoms with van der Waals surface area (Å²) in [5, 5.41) is 10.4. The average Bonchev–Trinajstić information content (AvgIpc) is 2.46. The quantitative estimate of drug-likeness (QED) is 0.507. The van der Waals surface area contributed by atoms with E-state index in [0.717, 1.165) is 0 Å². The summed E-state index contributed by atoms with van der Waals surface area (Å²) in [6, 6.07) is 9.98. The molecule has 0 saturated carbocycles. The number of aromatic nitrogens is 2. The van der Waals surface area contributed by atoms with Crippen LogP contribution in [-0.4, -0.2) is 20.9 Å². The van der Waals surface area contributed by atoms with E-state index in [4.69, 9.17) is 0 Å². The molecule has 0 fully saturated rings. The van der Waals surface area contributed by atoms with Gasteiger partial charge in [0, 0.05) is 22.1 Å². The summed E-state index contributed by atoms with van der Waals surface area (Å²) < 4.78 is 0. The van der Waals surface area contributed by atoms with E-state index in [9.17, 15) is 14.7 Å². The van der Waals surface area contributed by atoms with E-state index in [1.807, 2.05) is 0 Å². The molecule has 0 bridgehead atoms. The number of hydrogen-bond acceptors (Lipinski definition) is 4. The molecule has 0 saturated heterocycles. The molecule has 0 amide bonds. The van der Waals surface area contributed by atoms with Crippen molar-refractivity contribution in [3.05, 3.63) is 58.0 Å². The van der Waals surface area contributed by atoms with E-state index in [1.165, 1.54) is 6.07 Å². The third-order valence-corrected chi connectivity index (χ3v) is 3.54. The van der Waals surface area contributed by atoms with Crippen LogP contribution in [-0.2, 0) is 0 Å². The van der Waals surface area contributed by atoms with Crippen molar-refractivity contribution >= 4 is 16.7 Å². The van der Waals surface area contributed by atoms with Gasteiger partial charge >= 0.3 is 5.69 Å². The maximum atomic E-state index is 12.5. The number of carbonyl (C=O) groups is 1. The van der Waals surface area contributed by atoms with E-state index in [2.05, 4.69) is 9.97 Å². The third kappa shape index (κ3) is 1.23. The number of ketones is 1. The second-order valence-corrected chi connectivity index (χ2v) is 4.65. The number of carbonyl (C=O) groups excluding carboxylic acids is 1. The Morgan fingerprint density at radius 2 is 1.70 bits per heavy atom. The van der Waals surface area contributed by atoms with E-state index in [1.54, 1.807) is 30.3 Å². The van der Waals surface area contributed by atoms with Gasteiger partial charge in [0.1, 0.15) is 5.75 Å². The number of fused-ring (bicyclic) bond motifs is 2. The molecule has 0 atom stereocenters. The number of rotatable bonds is 0. The van der Waals surface area contributed by atoms with E-state index < -0.39 is 5.69 Å². The van der Waals surface area contributed by atoms with Gasteiger partial charge in [0.2, 0.25) is 0 Å². The fourth-order valence-corrected chi connectivity index (χ4v) is 2.67. The zero-order valence-corrected chi connectivity index (χ0v) is 10.2. The largest absolute Gasteiger partial charge is 0.506 e. The van der Waals surface area contributed by atoms with Crippen LogP contribution in [0.3, 0.4) is 0 Å². The fraction of sp³-hybridized carbons (Fsp3) is 0. The number of phenolic OH excluding ortho intramolecular Hbond substituents is 1. The monoisotopic (exact) mass is 264 g/mol. The molecule has 5 nitrogen and oxygen atoms in total. The van der Waals surface area contributed by atoms with Gasteiger partial charge in [0.05, 0.1) is 11.2 Å². The second-order valence-electron chi connectivity index (χ2n) is 4.65. The van der Waals surface area contributed by atoms with Gasteiger partial charge in [-0.1, -0.05) is 24.3 Å². The smallest absolute Gasteiger partial charge is 0.346 e. The second kappa shape index (κ2) is 3.54. The minimum absolute atomic E-state index is 0.0725. The molecule has 5 heteroatoms. The molecule has 1 heterocycles. The number of benzene rings is 2. The Morgan fingerprint density at radius 1 is 0.950 bits per heavy atom. The van der Waals surface area contributed by atoms with Crippen molar-refractivity contribution in [1.29, 1.82) is 0 Å². The lowest BCUT2D eigenvalue weighted by atomic mass is 9.87. The van der Waals surface area contributed by atoms with Crippen LogP contribution in [0.4, 0.5) is 0 Å². The van der Waals surface area contributed by atoms with E-state index >= 15 is 0 Å². The molecule has 20 heavy (non-hydrogen) atoms. The first-order chi connectivity index (χ1) is 9.66. The third-order valence-electron chi connectivity index (χ3n) is 3.54. The first-order valence-electron chi connectivity index (χ1n) is 6.07. The number of aromatic hydroxyl groups is 1. The zero-order valence-electron chi connectivity index (χ0n) is 10.2. The Bertz CT molecular complexity index is 957. The van der Waals surface area contributed by atoms with Crippen LogP contribution >= 0.6 is 0 Å². The highest BCUT2D eigenvalue weighted by atomic mass is 16.3. The molecule has 0 unspecified atom stereocenters. The number of nitrogens with one attached hydrogen (secondary N) is 1. The Labute approximate surface area is 112 Å². The molecule has 0 radical (unpaired) electrons. The van der Waals surface area contributed by atoms with Crippen LogP contribution in [0.25, 0.3) is 22.2 Å². The first kappa shape index (κ1) is 10.9. The van der Waals surface area contributed by atoms with Crippen LogP contribution in [0.2, 0.25) is 0 Å². The minimum Gasteiger partial charge on any atom is -0.506 e. The maximum Gasteiger partial charge on any atom is 0.346 e. The maximum absolute atomic E-state index is 12.5. The molecule has 1 aromatic heterocycles. The highest BCUT2D eigenvalue weighted by Crippen LogP contribution is 2.38. The number of nitrogens with zero attached hydrogens (tertiary/aromatic N) is 1. The van der Waals surface area contributed by atoms with Crippen molar-refractivity contribution in [2.45, 2.75) is 0 Å². The SMILES string of the molecule is O=C1c2ccccc2-c2nc(=O)[nH]c3c(O)ccc1c23. The highest BCUT2D eigenvalue weighted by Gasteiger charge is 2.27. The Balaban J connectivity index is 2.32. The standard InChI is InChI=1S/C15H8N2O3/c18-10-6-5-9-11-12(16-15(20)17-13(10)11)7-3-1-2-4-8(7)14(9)19/h1-6,18H,(H,16,17,20). The van der Waals surface area contributed by atoms with Gasteiger partial charge in [-0.2, -0.15) is 4.98 Å². The van der Waals surface area contributed by atoms with Gasteiger partial charge in [-0.15, -0.1) is 0 Å². The molecular weight excluding hydrogens is 256 g/mol. The molecule has 1 aliphatic rings. The van der Waals surface area contributed by atoms with Crippen molar-refractivity contribution in [3.63, 3.8) is 0 Å². The van der Waals surface area contributed by atoms with Crippen molar-refractivity contribution in [3.8, 4) is 17.0 Å². The molecule has 3 aromatic rings. The average molecular weight is 264 g/mol. The molecule has 1 aliphatic carbocycles. The molecule has 0 aliphatic heterocycles. The number of H-pyrrole nitrogens is 1. The Hall–Kier alpha value is -2.95. The summed E-state index contributed by atoms with van der Waals surface area (Å²) >= 11 is 0. The van der Waals surface area contributed by atoms with Crippen LogP contribution in [0.1, 0.15) is 15.9 Å². The van der Waals surface area contributed by atoms with Crippen LogP contribution in [0.5, 0.6) is 5.75 Å². The number of hydrogen-bond donors (Lipinski definition) is 2. The molecule has 2 aromatic carbocycles. The minimum atomic E-state index is -0.552. The lowest BCUT2D eigenvalue weighted by molar-refractivity contribution is 0.104. The fourth-order valence-electron chi connectivity index (χ4n) is 2.67. The van der Waals surface area contributed by atoms with Crippen molar-refractivity contribution in [2.75, 3.05) is 0 Å². The normalized spacial score (nSPS) is 12.5. The van der Waals surface area contributed by atoms with Gasteiger partial charge in [-0.3, -0.25) is 4.79 Å². The van der Waals surface area contributed by atoms with Gasteiger partial charge < -0.3 is 10.1 Å². The summed E-state index contributed by atoms with van der Waals surface area (Å²) in [6.45, 7) is 0. The van der Waals surface area contributed by atoms with Gasteiger partial charge in [-0.05, 0) is 12.1 Å². The van der Waals surface area contributed by atoms with Crippen molar-refractivity contribution in [2.24, 2.45) is 0 Å². The molecule has 0 spiro atoms. The van der Waals surface area contributed by atoms with Gasteiger partial charge in [-0.25, -0.2) is 4.79 Å². The predicted octanol–water partition coefficient (Wildman–Crippen LogP) is 1.84. The van der Waals surface area contributed by atoms with Gasteiger partial charge in [0.15, 0.2) is 5.78 Å². The lowest BCUT2D eigenvalue weighted by Crippen LogP contribution is -2.17. The summed E-state index contributed by atoms with van der Waals surface area (Å²) in [5.41, 5.74) is 1.71. The van der Waals surface area contributed by atoms with Gasteiger partial charge in [0.25, 0.3) is 0 Å². The van der Waals surface area contributed by atoms with E-state index in [0.29, 0.717) is 27.8 Å². The van der Waals surface area contributed by atoms with Crippen LogP contribution in [0, 0.1) is 0 Å². The Kier molecular flexibility index (Phi) is 1.93. The van der Waals surface area contributed by atoms with E-state index in [-0.39, 0.29) is 17.0 Å². The zero-order chi connectivity index (χ0) is 13.9. The number of phenols is 1. The van der Waals surface area contributed by atoms with Crippen molar-refractivity contribution < 1.29 is 9.90 Å². The molecule has 96 valence electrons. The molecule has 4 rings (SSSR count). The molecule has 2 N–H and O–H groups in total. The summed E-state index contributed by atoms with van der Waals surface area (Å²) in [6.07, 6.45) is 0. The summed E-state index contributed by atoms with van der Waals surface area (Å²) in [4.78, 5) is 30.6. The highest BCUT2D eigenvalue weighted by molar-refractivity contribution is 6.25. The summed E-state index contributed by atoms with van der Waals surface area (Å²) in [5.74, 6) is -0.205. The molecular formula is C15H8N2O3. The summed E-state index contributed by atoms with van der Waals surface area (Å²) in [7, 11) is 0. The predicted molar refractivity (Wildman–Crippen MR) is 72.9 cm³/mol. The lowest BCUT2D eigenvalue weighted by Gasteiger charge is -2.18.